The van der Waals surface area contributed by atoms with Gasteiger partial charge in [0.25, 0.3) is 5.91 Å². The molecule has 4 fully saturated rings. The molecule has 1 unspecified atom stereocenters. The van der Waals surface area contributed by atoms with Crippen LogP contribution in [0.1, 0.15) is 49.3 Å². The lowest BCUT2D eigenvalue weighted by Gasteiger charge is -2.44. The highest BCUT2D eigenvalue weighted by molar-refractivity contribution is 6.33. The van der Waals surface area contributed by atoms with Gasteiger partial charge in [-0.05, 0) is 68.4 Å². The van der Waals surface area contributed by atoms with Crippen LogP contribution in [0.25, 0.3) is 0 Å². The van der Waals surface area contributed by atoms with Crippen molar-refractivity contribution in [3.05, 3.63) is 58.1 Å². The average molecular weight is 891 g/mol. The number of halogens is 4. The minimum atomic E-state index is -4.80. The summed E-state index contributed by atoms with van der Waals surface area (Å²) >= 11 is 6.16. The second-order valence-electron chi connectivity index (χ2n) is 16.8. The zero-order valence-electron chi connectivity index (χ0n) is 35.3. The SMILES string of the molecule is CC(C(=O)OCCN1CCOCC1)N1CCC(N2CCN(C(=O)[C@@H](Cc3cc(Cl)c(N)c(C(F)(F)F)c3)OC(=O)N3CCC(N4CCc5ccccc5NC4=O)CC3)CC2)CC1. The number of fused-ring (bicyclic) bond motifs is 1. The van der Waals surface area contributed by atoms with Gasteiger partial charge in [0.2, 0.25) is 0 Å². The van der Waals surface area contributed by atoms with E-state index in [-0.39, 0.29) is 60.2 Å². The maximum atomic E-state index is 14.2. The number of carbonyl (C=O) groups excluding carboxylic acids is 4. The number of piperidine rings is 2. The molecule has 0 aliphatic carbocycles. The molecule has 2 atom stereocenters. The predicted octanol–water partition coefficient (Wildman–Crippen LogP) is 4.42. The van der Waals surface area contributed by atoms with Crippen LogP contribution < -0.4 is 11.1 Å². The minimum Gasteiger partial charge on any atom is -0.463 e. The van der Waals surface area contributed by atoms with Gasteiger partial charge in [-0.2, -0.15) is 13.2 Å². The molecule has 3 N–H and O–H groups in total. The number of hydrogen-bond donors (Lipinski definition) is 2. The molecule has 0 spiro atoms. The Bertz CT molecular complexity index is 1900. The Kier molecular flexibility index (Phi) is 15.0. The average Bonchev–Trinajstić information content (AvgIpc) is 3.44. The normalized spacial score (nSPS) is 21.4. The number of piperazine rings is 1. The van der Waals surface area contributed by atoms with Crippen molar-refractivity contribution in [3.8, 4) is 0 Å². The third kappa shape index (κ3) is 11.2. The van der Waals surface area contributed by atoms with Crippen molar-refractivity contribution in [2.75, 3.05) is 109 Å². The van der Waals surface area contributed by atoms with Gasteiger partial charge < -0.3 is 40.0 Å². The summed E-state index contributed by atoms with van der Waals surface area (Å²) in [4.78, 5) is 65.6. The van der Waals surface area contributed by atoms with Gasteiger partial charge in [-0.25, -0.2) is 9.59 Å². The largest absolute Gasteiger partial charge is 0.463 e. The van der Waals surface area contributed by atoms with Crippen LogP contribution in [0.3, 0.4) is 0 Å². The van der Waals surface area contributed by atoms with E-state index in [4.69, 9.17) is 31.5 Å². The van der Waals surface area contributed by atoms with Crippen LogP contribution in [0.5, 0.6) is 0 Å². The number of carbonyl (C=O) groups is 4. The van der Waals surface area contributed by atoms with Crippen molar-refractivity contribution in [2.24, 2.45) is 0 Å². The number of benzene rings is 2. The Morgan fingerprint density at radius 2 is 1.58 bits per heavy atom. The molecule has 7 rings (SSSR count). The molecule has 5 aliphatic heterocycles. The highest BCUT2D eigenvalue weighted by atomic mass is 35.5. The van der Waals surface area contributed by atoms with Crippen molar-refractivity contribution in [1.29, 1.82) is 0 Å². The van der Waals surface area contributed by atoms with Crippen molar-refractivity contribution in [3.63, 3.8) is 0 Å². The Morgan fingerprint density at radius 1 is 0.903 bits per heavy atom. The molecule has 4 amide bonds. The molecule has 19 heteroatoms. The fourth-order valence-corrected chi connectivity index (χ4v) is 9.48. The molecule has 340 valence electrons. The monoisotopic (exact) mass is 890 g/mol. The standard InChI is InChI=1S/C43H58ClF3N8O7/c1-29(40(57)61-25-22-50-20-23-60-24-21-50)51-11-7-32(8-12-51)52-16-18-53(19-17-52)39(56)37(28-30-26-34(43(45,46)47)38(48)35(44)27-30)62-42(59)54-13-9-33(10-14-54)55-15-6-31-4-2-3-5-36(31)49-41(55)58/h2-5,26-27,29,32-33,37H,6-25,28,48H2,1H3,(H,49,58)/t29?,37-/m1/s1. The summed E-state index contributed by atoms with van der Waals surface area (Å²) < 4.78 is 58.8. The van der Waals surface area contributed by atoms with E-state index < -0.39 is 35.5 Å². The summed E-state index contributed by atoms with van der Waals surface area (Å²) in [5.41, 5.74) is 5.83. The fraction of sp³-hybridized carbons (Fsp3) is 0.628. The van der Waals surface area contributed by atoms with Crippen LogP contribution in [-0.4, -0.2) is 176 Å². The summed E-state index contributed by atoms with van der Waals surface area (Å²) in [6.07, 6.45) is -3.99. The quantitative estimate of drug-likeness (QED) is 0.244. The number of anilines is 2. The lowest BCUT2D eigenvalue weighted by molar-refractivity contribution is -0.150. The number of amides is 4. The molecule has 4 saturated heterocycles. The van der Waals surface area contributed by atoms with Crippen LogP contribution in [0.2, 0.25) is 5.02 Å². The highest BCUT2D eigenvalue weighted by Gasteiger charge is 2.39. The lowest BCUT2D eigenvalue weighted by Crippen LogP contribution is -2.57. The van der Waals surface area contributed by atoms with E-state index in [2.05, 4.69) is 20.0 Å². The molecule has 5 heterocycles. The number of esters is 1. The maximum absolute atomic E-state index is 14.2. The smallest absolute Gasteiger partial charge is 0.418 e. The molecule has 62 heavy (non-hydrogen) atoms. The number of rotatable bonds is 11. The second kappa shape index (κ2) is 20.4. The van der Waals surface area contributed by atoms with Crippen LogP contribution in [0, 0.1) is 0 Å². The summed E-state index contributed by atoms with van der Waals surface area (Å²) in [6, 6.07) is 9.35. The number of morpholine rings is 1. The zero-order valence-corrected chi connectivity index (χ0v) is 36.0. The van der Waals surface area contributed by atoms with E-state index in [1.165, 1.54) is 11.0 Å². The van der Waals surface area contributed by atoms with Crippen molar-refractivity contribution < 1.29 is 46.6 Å². The molecule has 0 radical (unpaired) electrons. The van der Waals surface area contributed by atoms with E-state index in [1.54, 1.807) is 9.80 Å². The molecule has 0 bridgehead atoms. The number of nitrogens with one attached hydrogen (secondary N) is 1. The highest BCUT2D eigenvalue weighted by Crippen LogP contribution is 2.38. The topological polar surface area (TPSA) is 153 Å². The van der Waals surface area contributed by atoms with Gasteiger partial charge in [-0.1, -0.05) is 29.8 Å². The second-order valence-corrected chi connectivity index (χ2v) is 17.2. The van der Waals surface area contributed by atoms with Gasteiger partial charge in [0.1, 0.15) is 12.6 Å². The number of nitrogens with two attached hydrogens (primary N) is 1. The third-order valence-electron chi connectivity index (χ3n) is 13.0. The number of alkyl halides is 3. The number of hydrogen-bond acceptors (Lipinski definition) is 11. The van der Waals surface area contributed by atoms with E-state index >= 15 is 0 Å². The predicted molar refractivity (Wildman–Crippen MR) is 226 cm³/mol. The molecular formula is C43H58ClF3N8O7. The summed E-state index contributed by atoms with van der Waals surface area (Å²) in [5, 5.41) is 2.67. The molecule has 0 saturated carbocycles. The number of para-hydroxylation sites is 1. The summed E-state index contributed by atoms with van der Waals surface area (Å²) in [7, 11) is 0. The van der Waals surface area contributed by atoms with Crippen LogP contribution in [0.15, 0.2) is 36.4 Å². The third-order valence-corrected chi connectivity index (χ3v) is 13.3. The van der Waals surface area contributed by atoms with Crippen LogP contribution >= 0.6 is 11.6 Å². The minimum absolute atomic E-state index is 0.0511. The number of nitrogens with zero attached hydrogens (tertiary/aromatic N) is 6. The first-order valence-electron chi connectivity index (χ1n) is 21.7. The first-order chi connectivity index (χ1) is 29.7. The van der Waals surface area contributed by atoms with E-state index in [0.717, 1.165) is 56.3 Å². The Labute approximate surface area is 365 Å². The zero-order chi connectivity index (χ0) is 44.0. The molecular weight excluding hydrogens is 833 g/mol. The molecule has 2 aromatic rings. The first-order valence-corrected chi connectivity index (χ1v) is 22.1. The molecule has 15 nitrogen and oxygen atoms in total. The van der Waals surface area contributed by atoms with Gasteiger partial charge in [0.05, 0.1) is 29.5 Å². The summed E-state index contributed by atoms with van der Waals surface area (Å²) in [5.74, 6) is -0.737. The first kappa shape index (κ1) is 45.7. The van der Waals surface area contributed by atoms with Gasteiger partial charge in [0, 0.05) is 103 Å². The van der Waals surface area contributed by atoms with E-state index in [0.29, 0.717) is 78.4 Å². The fourth-order valence-electron chi connectivity index (χ4n) is 9.23. The van der Waals surface area contributed by atoms with Gasteiger partial charge in [-0.15, -0.1) is 0 Å². The van der Waals surface area contributed by atoms with E-state index in [1.807, 2.05) is 31.2 Å². The van der Waals surface area contributed by atoms with Crippen molar-refractivity contribution in [2.45, 2.75) is 75.9 Å². The Hall–Kier alpha value is -4.36. The molecule has 2 aromatic carbocycles. The number of urea groups is 1. The number of ether oxygens (including phenoxy) is 3. The van der Waals surface area contributed by atoms with E-state index in [9.17, 15) is 32.3 Å². The lowest BCUT2D eigenvalue weighted by atomic mass is 10.00. The number of likely N-dealkylation sites (tertiary alicyclic amines) is 2. The summed E-state index contributed by atoms with van der Waals surface area (Å²) in [6.45, 7) is 10.3. The van der Waals surface area contributed by atoms with Crippen LogP contribution in [0.4, 0.5) is 34.1 Å². The Morgan fingerprint density at radius 3 is 2.27 bits per heavy atom. The van der Waals surface area contributed by atoms with Crippen molar-refractivity contribution >= 4 is 47.0 Å². The Balaban J connectivity index is 0.933. The van der Waals surface area contributed by atoms with Gasteiger partial charge >= 0.3 is 24.3 Å². The van der Waals surface area contributed by atoms with Gasteiger partial charge in [0.15, 0.2) is 6.10 Å². The van der Waals surface area contributed by atoms with Crippen molar-refractivity contribution in [1.82, 2.24) is 29.4 Å². The molecule has 0 aromatic heterocycles. The van der Waals surface area contributed by atoms with Gasteiger partial charge in [-0.3, -0.25) is 24.3 Å². The maximum Gasteiger partial charge on any atom is 0.418 e. The molecule has 5 aliphatic rings. The van der Waals surface area contributed by atoms with Crippen LogP contribution in [-0.2, 0) is 42.8 Å². The number of nitrogen functional groups attached to an aromatic ring is 1.